The summed E-state index contributed by atoms with van der Waals surface area (Å²) in [6.07, 6.45) is 0. The Morgan fingerprint density at radius 3 is 2.10 bits per heavy atom. The van der Waals surface area contributed by atoms with Crippen LogP contribution in [0.1, 0.15) is 38.8 Å². The van der Waals surface area contributed by atoms with E-state index in [1.54, 1.807) is 0 Å². The second-order valence-corrected chi connectivity index (χ2v) is 7.04. The Morgan fingerprint density at radius 2 is 1.65 bits per heavy atom. The predicted molar refractivity (Wildman–Crippen MR) is 81.9 cm³/mol. The van der Waals surface area contributed by atoms with Crippen molar-refractivity contribution >= 4 is 5.91 Å². The van der Waals surface area contributed by atoms with E-state index in [1.165, 1.54) is 0 Å². The minimum absolute atomic E-state index is 0.0890. The summed E-state index contributed by atoms with van der Waals surface area (Å²) < 4.78 is 0. The number of hydrogen-bond donors (Lipinski definition) is 1. The molecule has 0 radical (unpaired) electrons. The van der Waals surface area contributed by atoms with Crippen LogP contribution in [0.15, 0.2) is 24.3 Å². The first kappa shape index (κ1) is 15.0. The van der Waals surface area contributed by atoms with Gasteiger partial charge in [-0.15, -0.1) is 0 Å². The van der Waals surface area contributed by atoms with Crippen LogP contribution < -0.4 is 5.73 Å². The predicted octanol–water partition coefficient (Wildman–Crippen LogP) is 2.79. The third-order valence-corrected chi connectivity index (χ3v) is 5.39. The van der Waals surface area contributed by atoms with E-state index >= 15 is 0 Å². The van der Waals surface area contributed by atoms with Crippen LogP contribution in [0.25, 0.3) is 0 Å². The normalized spacial score (nSPS) is 19.7. The van der Waals surface area contributed by atoms with Crippen LogP contribution in [-0.4, -0.2) is 17.9 Å². The van der Waals surface area contributed by atoms with Crippen LogP contribution in [-0.2, 0) is 17.9 Å². The molecule has 0 aromatic heterocycles. The fourth-order valence-electron chi connectivity index (χ4n) is 3.28. The Bertz CT molecular complexity index is 505. The first-order valence-electron chi connectivity index (χ1n) is 7.25. The molecule has 1 aromatic carbocycles. The van der Waals surface area contributed by atoms with Crippen LogP contribution >= 0.6 is 0 Å². The summed E-state index contributed by atoms with van der Waals surface area (Å²) in [5, 5.41) is 0. The molecule has 1 amide bonds. The Morgan fingerprint density at radius 1 is 1.15 bits per heavy atom. The van der Waals surface area contributed by atoms with Crippen LogP contribution in [0.3, 0.4) is 0 Å². The topological polar surface area (TPSA) is 46.3 Å². The number of hydrogen-bond acceptors (Lipinski definition) is 2. The smallest absolute Gasteiger partial charge is 0.226 e. The summed E-state index contributed by atoms with van der Waals surface area (Å²) >= 11 is 0. The maximum absolute atomic E-state index is 12.6. The Balaban J connectivity index is 2.10. The Kier molecular flexibility index (Phi) is 3.67. The molecule has 2 N–H and O–H groups in total. The number of carbonyl (C=O) groups excluding carboxylic acids is 1. The van der Waals surface area contributed by atoms with Crippen molar-refractivity contribution < 1.29 is 4.79 Å². The van der Waals surface area contributed by atoms with Crippen LogP contribution in [0.2, 0.25) is 0 Å². The van der Waals surface area contributed by atoms with E-state index in [0.717, 1.165) is 11.1 Å². The minimum atomic E-state index is 0.0890. The number of nitrogens with two attached hydrogens (primary N) is 1. The summed E-state index contributed by atoms with van der Waals surface area (Å²) in [7, 11) is 1.89. The molecule has 0 aliphatic heterocycles. The summed E-state index contributed by atoms with van der Waals surface area (Å²) in [5.41, 5.74) is 8.19. The van der Waals surface area contributed by atoms with Gasteiger partial charge in [-0.1, -0.05) is 52.0 Å². The average Bonchev–Trinajstić information content (AvgIpc) is 2.79. The van der Waals surface area contributed by atoms with E-state index in [0.29, 0.717) is 13.1 Å². The van der Waals surface area contributed by atoms with Gasteiger partial charge >= 0.3 is 0 Å². The summed E-state index contributed by atoms with van der Waals surface area (Å²) in [6.45, 7) is 9.86. The first-order chi connectivity index (χ1) is 9.23. The maximum Gasteiger partial charge on any atom is 0.226 e. The molecule has 0 spiro atoms. The van der Waals surface area contributed by atoms with Gasteiger partial charge in [0.05, 0.1) is 0 Å². The first-order valence-corrected chi connectivity index (χ1v) is 7.25. The van der Waals surface area contributed by atoms with E-state index in [4.69, 9.17) is 5.73 Å². The number of nitrogens with zero attached hydrogens (tertiary/aromatic N) is 1. The molecular weight excluding hydrogens is 248 g/mol. The van der Waals surface area contributed by atoms with Gasteiger partial charge < -0.3 is 10.6 Å². The molecule has 20 heavy (non-hydrogen) atoms. The van der Waals surface area contributed by atoms with E-state index in [2.05, 4.69) is 33.8 Å². The average molecular weight is 274 g/mol. The van der Waals surface area contributed by atoms with Gasteiger partial charge in [-0.05, 0) is 22.0 Å². The van der Waals surface area contributed by atoms with E-state index in [9.17, 15) is 4.79 Å². The number of amides is 1. The molecule has 0 heterocycles. The Labute approximate surface area is 122 Å². The van der Waals surface area contributed by atoms with Crippen LogP contribution in [0, 0.1) is 16.7 Å². The molecule has 0 atom stereocenters. The van der Waals surface area contributed by atoms with E-state index < -0.39 is 0 Å². The van der Waals surface area contributed by atoms with Gasteiger partial charge in [-0.25, -0.2) is 0 Å². The molecular formula is C17H26N2O. The largest absolute Gasteiger partial charge is 0.341 e. The van der Waals surface area contributed by atoms with Crippen molar-refractivity contribution in [2.45, 2.75) is 40.8 Å². The monoisotopic (exact) mass is 274 g/mol. The fraction of sp³-hybridized carbons (Fsp3) is 0.588. The summed E-state index contributed by atoms with van der Waals surface area (Å²) in [5.74, 6) is 0.358. The quantitative estimate of drug-likeness (QED) is 0.917. The van der Waals surface area contributed by atoms with E-state index in [1.807, 2.05) is 30.1 Å². The van der Waals surface area contributed by atoms with Gasteiger partial charge in [-0.3, -0.25) is 4.79 Å². The molecule has 1 aliphatic carbocycles. The standard InChI is InChI=1S/C17H26N2O/c1-16(2)14(17(16,3)4)15(20)19(5)11-13-9-7-6-8-12(13)10-18/h6-9,14H,10-11,18H2,1-5H3. The van der Waals surface area contributed by atoms with Gasteiger partial charge in [0.15, 0.2) is 0 Å². The molecule has 1 fully saturated rings. The zero-order valence-corrected chi connectivity index (χ0v) is 13.2. The highest BCUT2D eigenvalue weighted by molar-refractivity contribution is 5.84. The van der Waals surface area contributed by atoms with Crippen molar-refractivity contribution in [2.24, 2.45) is 22.5 Å². The molecule has 3 nitrogen and oxygen atoms in total. The van der Waals surface area contributed by atoms with Crippen LogP contribution in [0.4, 0.5) is 0 Å². The second kappa shape index (κ2) is 4.88. The van der Waals surface area contributed by atoms with Crippen molar-refractivity contribution in [1.29, 1.82) is 0 Å². The van der Waals surface area contributed by atoms with Gasteiger partial charge in [0, 0.05) is 26.1 Å². The van der Waals surface area contributed by atoms with Gasteiger partial charge in [0.1, 0.15) is 0 Å². The van der Waals surface area contributed by atoms with Gasteiger partial charge in [0.2, 0.25) is 5.91 Å². The number of benzene rings is 1. The van der Waals surface area contributed by atoms with Crippen molar-refractivity contribution in [1.82, 2.24) is 4.90 Å². The van der Waals surface area contributed by atoms with Crippen molar-refractivity contribution in [3.8, 4) is 0 Å². The SMILES string of the molecule is CN(Cc1ccccc1CN)C(=O)C1C(C)(C)C1(C)C. The number of rotatable bonds is 4. The molecule has 110 valence electrons. The molecule has 0 unspecified atom stereocenters. The highest BCUT2D eigenvalue weighted by atomic mass is 16.2. The maximum atomic E-state index is 12.6. The third kappa shape index (κ3) is 2.24. The number of carbonyl (C=O) groups is 1. The van der Waals surface area contributed by atoms with Crippen LogP contribution in [0.5, 0.6) is 0 Å². The molecule has 0 bridgehead atoms. The second-order valence-electron chi connectivity index (χ2n) is 7.04. The zero-order valence-electron chi connectivity index (χ0n) is 13.2. The Hall–Kier alpha value is -1.35. The van der Waals surface area contributed by atoms with Gasteiger partial charge in [-0.2, -0.15) is 0 Å². The molecule has 0 saturated heterocycles. The third-order valence-electron chi connectivity index (χ3n) is 5.39. The van der Waals surface area contributed by atoms with Crippen molar-refractivity contribution in [3.63, 3.8) is 0 Å². The molecule has 1 aromatic rings. The molecule has 1 aliphatic rings. The minimum Gasteiger partial charge on any atom is -0.341 e. The lowest BCUT2D eigenvalue weighted by atomic mass is 10.0. The highest BCUT2D eigenvalue weighted by Crippen LogP contribution is 2.68. The lowest BCUT2D eigenvalue weighted by Crippen LogP contribution is -2.30. The lowest BCUT2D eigenvalue weighted by Gasteiger charge is -2.20. The summed E-state index contributed by atoms with van der Waals surface area (Å²) in [4.78, 5) is 14.5. The zero-order chi connectivity index (χ0) is 15.1. The highest BCUT2D eigenvalue weighted by Gasteiger charge is 2.68. The van der Waals surface area contributed by atoms with Crippen molar-refractivity contribution in [3.05, 3.63) is 35.4 Å². The van der Waals surface area contributed by atoms with Gasteiger partial charge in [0.25, 0.3) is 0 Å². The molecule has 3 heteroatoms. The molecule has 1 saturated carbocycles. The molecule has 2 rings (SSSR count). The fourth-order valence-corrected chi connectivity index (χ4v) is 3.28. The van der Waals surface area contributed by atoms with Crippen molar-refractivity contribution in [2.75, 3.05) is 7.05 Å². The summed E-state index contributed by atoms with van der Waals surface area (Å²) in [6, 6.07) is 8.06. The van der Waals surface area contributed by atoms with E-state index in [-0.39, 0.29) is 22.7 Å². The lowest BCUT2D eigenvalue weighted by molar-refractivity contribution is -0.133.